The average molecular weight is 324 g/mol. The van der Waals surface area contributed by atoms with E-state index in [4.69, 9.17) is 14.2 Å². The Morgan fingerprint density at radius 3 is 2.70 bits per heavy atom. The van der Waals surface area contributed by atoms with Crippen LogP contribution in [0.4, 0.5) is 0 Å². The summed E-state index contributed by atoms with van der Waals surface area (Å²) in [6.45, 7) is 0.0608. The Morgan fingerprint density at radius 2 is 2.04 bits per heavy atom. The number of ether oxygens (including phenoxy) is 3. The molecule has 6 heteroatoms. The largest absolute Gasteiger partial charge is 0.507 e. The lowest BCUT2D eigenvalue weighted by atomic mass is 9.95. The number of phenols is 1. The van der Waals surface area contributed by atoms with Gasteiger partial charge in [0.15, 0.2) is 0 Å². The molecule has 128 valence electrons. The summed E-state index contributed by atoms with van der Waals surface area (Å²) in [6, 6.07) is 7.01. The molecular formula is C17H24O6. The molecule has 0 radical (unpaired) electrons. The van der Waals surface area contributed by atoms with Gasteiger partial charge in [0, 0.05) is 26.2 Å². The average Bonchev–Trinajstić information content (AvgIpc) is 2.56. The smallest absolute Gasteiger partial charge is 0.122 e. The number of aliphatic hydroxyl groups is 2. The lowest BCUT2D eigenvalue weighted by Crippen LogP contribution is -2.54. The third-order valence-corrected chi connectivity index (χ3v) is 4.05. The lowest BCUT2D eigenvalue weighted by Gasteiger charge is -2.38. The molecule has 23 heavy (non-hydrogen) atoms. The van der Waals surface area contributed by atoms with E-state index >= 15 is 0 Å². The third kappa shape index (κ3) is 4.53. The Balaban J connectivity index is 2.02. The summed E-state index contributed by atoms with van der Waals surface area (Å²) in [6.07, 6.45) is 0.838. The predicted molar refractivity (Wildman–Crippen MR) is 85.1 cm³/mol. The number of rotatable bonds is 6. The van der Waals surface area contributed by atoms with E-state index < -0.39 is 24.4 Å². The molecule has 1 heterocycles. The van der Waals surface area contributed by atoms with E-state index in [9.17, 15) is 15.3 Å². The second kappa shape index (κ2) is 8.42. The minimum atomic E-state index is -0.988. The summed E-state index contributed by atoms with van der Waals surface area (Å²) in [7, 11) is 3.05. The number of methoxy groups -OCH3 is 2. The van der Waals surface area contributed by atoms with Crippen LogP contribution in [0.2, 0.25) is 0 Å². The first-order valence-electron chi connectivity index (χ1n) is 7.56. The number of hydrogen-bond donors (Lipinski definition) is 3. The molecule has 0 bridgehead atoms. The van der Waals surface area contributed by atoms with Gasteiger partial charge in [-0.25, -0.2) is 0 Å². The quantitative estimate of drug-likeness (QED) is 0.722. The van der Waals surface area contributed by atoms with Crippen molar-refractivity contribution < 1.29 is 29.5 Å². The predicted octanol–water partition coefficient (Wildman–Crippen LogP) is 0.946. The van der Waals surface area contributed by atoms with Gasteiger partial charge in [0.05, 0.1) is 18.8 Å². The second-order valence-corrected chi connectivity index (χ2v) is 5.56. The normalized spacial score (nSPS) is 29.7. The van der Waals surface area contributed by atoms with Crippen molar-refractivity contribution in [1.82, 2.24) is 0 Å². The van der Waals surface area contributed by atoms with Crippen molar-refractivity contribution in [1.29, 1.82) is 0 Å². The number of hydrogen-bond acceptors (Lipinski definition) is 6. The van der Waals surface area contributed by atoms with E-state index in [1.54, 1.807) is 31.4 Å². The van der Waals surface area contributed by atoms with Crippen molar-refractivity contribution in [3.8, 4) is 5.75 Å². The van der Waals surface area contributed by atoms with Crippen molar-refractivity contribution in [2.45, 2.75) is 36.9 Å². The van der Waals surface area contributed by atoms with E-state index in [-0.39, 0.29) is 18.5 Å². The van der Waals surface area contributed by atoms with Gasteiger partial charge in [0.2, 0.25) is 0 Å². The zero-order chi connectivity index (χ0) is 16.8. The lowest BCUT2D eigenvalue weighted by molar-refractivity contribution is -0.201. The van der Waals surface area contributed by atoms with E-state index in [1.807, 2.05) is 12.1 Å². The minimum absolute atomic E-state index is 0.0608. The van der Waals surface area contributed by atoms with Gasteiger partial charge in [-0.3, -0.25) is 0 Å². The summed E-state index contributed by atoms with van der Waals surface area (Å²) in [5.74, 6) is 0.195. The topological polar surface area (TPSA) is 88.4 Å². The monoisotopic (exact) mass is 324 g/mol. The highest BCUT2D eigenvalue weighted by molar-refractivity contribution is 5.56. The first kappa shape index (κ1) is 17.9. The molecule has 0 amide bonds. The highest BCUT2D eigenvalue weighted by Crippen LogP contribution is 2.24. The molecule has 1 saturated heterocycles. The van der Waals surface area contributed by atoms with Crippen LogP contribution in [0.3, 0.4) is 0 Å². The third-order valence-electron chi connectivity index (χ3n) is 4.05. The Kier molecular flexibility index (Phi) is 6.56. The maximum absolute atomic E-state index is 9.99. The van der Waals surface area contributed by atoms with Crippen LogP contribution in [-0.4, -0.2) is 66.7 Å². The van der Waals surface area contributed by atoms with E-state index in [2.05, 4.69) is 0 Å². The fraction of sp³-hybridized carbons (Fsp3) is 0.529. The number of benzene rings is 1. The van der Waals surface area contributed by atoms with Crippen LogP contribution in [-0.2, 0) is 14.2 Å². The maximum Gasteiger partial charge on any atom is 0.122 e. The molecule has 1 aromatic carbocycles. The summed E-state index contributed by atoms with van der Waals surface area (Å²) >= 11 is 0. The van der Waals surface area contributed by atoms with Gasteiger partial charge in [-0.05, 0) is 6.07 Å². The van der Waals surface area contributed by atoms with Crippen molar-refractivity contribution in [3.63, 3.8) is 0 Å². The van der Waals surface area contributed by atoms with Crippen LogP contribution in [0.5, 0.6) is 5.75 Å². The molecule has 1 fully saturated rings. The molecule has 1 aliphatic heterocycles. The summed E-state index contributed by atoms with van der Waals surface area (Å²) < 4.78 is 16.3. The standard InChI is InChI=1S/C17H24O6/c1-21-12(8-7-11-5-3-4-6-13(11)18)9-15-17(22-2)16(20)14(19)10-23-15/h3-8,12,14-20H,9-10H2,1-2H3. The Bertz CT molecular complexity index is 518. The first-order valence-corrected chi connectivity index (χ1v) is 7.56. The number of aromatic hydroxyl groups is 1. The van der Waals surface area contributed by atoms with Gasteiger partial charge >= 0.3 is 0 Å². The number of para-hydroxylation sites is 1. The van der Waals surface area contributed by atoms with Crippen molar-refractivity contribution in [2.24, 2.45) is 0 Å². The van der Waals surface area contributed by atoms with Crippen LogP contribution in [0.15, 0.2) is 30.3 Å². The van der Waals surface area contributed by atoms with E-state index in [0.717, 1.165) is 0 Å². The molecule has 0 aromatic heterocycles. The SMILES string of the molecule is COC(C=Cc1ccccc1O)CC1OCC(O)C(O)C1OC. The zero-order valence-corrected chi connectivity index (χ0v) is 13.3. The minimum Gasteiger partial charge on any atom is -0.507 e. The summed E-state index contributed by atoms with van der Waals surface area (Å²) in [5.41, 5.74) is 0.692. The van der Waals surface area contributed by atoms with Gasteiger partial charge in [0.1, 0.15) is 24.1 Å². The van der Waals surface area contributed by atoms with Crippen LogP contribution < -0.4 is 0 Å². The molecule has 0 spiro atoms. The molecule has 5 unspecified atom stereocenters. The molecule has 2 rings (SSSR count). The number of aliphatic hydroxyl groups excluding tert-OH is 2. The molecule has 1 aliphatic rings. The van der Waals surface area contributed by atoms with Crippen molar-refractivity contribution >= 4 is 6.08 Å². The first-order chi connectivity index (χ1) is 11.1. The van der Waals surface area contributed by atoms with Crippen molar-refractivity contribution in [2.75, 3.05) is 20.8 Å². The molecule has 3 N–H and O–H groups in total. The van der Waals surface area contributed by atoms with Gasteiger partial charge in [-0.1, -0.05) is 30.4 Å². The summed E-state index contributed by atoms with van der Waals surface area (Å²) in [5, 5.41) is 29.4. The number of phenolic OH excluding ortho intramolecular Hbond substituents is 1. The van der Waals surface area contributed by atoms with Gasteiger partial charge in [-0.15, -0.1) is 0 Å². The van der Waals surface area contributed by atoms with Gasteiger partial charge in [0.25, 0.3) is 0 Å². The molecule has 1 aromatic rings. The second-order valence-electron chi connectivity index (χ2n) is 5.56. The van der Waals surface area contributed by atoms with Crippen LogP contribution in [0.1, 0.15) is 12.0 Å². The molecule has 0 saturated carbocycles. The zero-order valence-electron chi connectivity index (χ0n) is 13.3. The Morgan fingerprint density at radius 1 is 1.30 bits per heavy atom. The highest BCUT2D eigenvalue weighted by Gasteiger charge is 2.39. The highest BCUT2D eigenvalue weighted by atomic mass is 16.6. The van der Waals surface area contributed by atoms with Gasteiger partial charge < -0.3 is 29.5 Å². The fourth-order valence-corrected chi connectivity index (χ4v) is 2.67. The molecular weight excluding hydrogens is 300 g/mol. The van der Waals surface area contributed by atoms with Crippen LogP contribution in [0, 0.1) is 0 Å². The Hall–Kier alpha value is -1.44. The van der Waals surface area contributed by atoms with Gasteiger partial charge in [-0.2, -0.15) is 0 Å². The molecule has 6 nitrogen and oxygen atoms in total. The van der Waals surface area contributed by atoms with E-state index in [1.165, 1.54) is 7.11 Å². The van der Waals surface area contributed by atoms with Crippen LogP contribution >= 0.6 is 0 Å². The van der Waals surface area contributed by atoms with E-state index in [0.29, 0.717) is 12.0 Å². The molecule has 0 aliphatic carbocycles. The fourth-order valence-electron chi connectivity index (χ4n) is 2.67. The molecule has 5 atom stereocenters. The van der Waals surface area contributed by atoms with Crippen LogP contribution in [0.25, 0.3) is 6.08 Å². The Labute approximate surface area is 135 Å². The van der Waals surface area contributed by atoms with Crippen molar-refractivity contribution in [3.05, 3.63) is 35.9 Å². The maximum atomic E-state index is 9.99. The summed E-state index contributed by atoms with van der Waals surface area (Å²) in [4.78, 5) is 0.